The summed E-state index contributed by atoms with van der Waals surface area (Å²) in [6, 6.07) is 11.2. The van der Waals surface area contributed by atoms with E-state index < -0.39 is 17.7 Å². The van der Waals surface area contributed by atoms with E-state index in [2.05, 4.69) is 74.8 Å². The molecule has 8 heteroatoms. The number of hydrogen-bond donors (Lipinski definition) is 0. The molecule has 2 aliphatic heterocycles. The molecular weight excluding hydrogens is 396 g/mol. The molecule has 0 saturated carbocycles. The Kier molecular flexibility index (Phi) is 8.63. The van der Waals surface area contributed by atoms with Gasteiger partial charge in [-0.2, -0.15) is 0 Å². The summed E-state index contributed by atoms with van der Waals surface area (Å²) in [5, 5.41) is 1.47. The maximum atomic E-state index is 5.89. The first-order valence-corrected chi connectivity index (χ1v) is 14.1. The molecule has 2 aliphatic rings. The Hall–Kier alpha value is -0.846. The standard InChI is InChI=1S/C21H37N4O2Si2/c1-5-27-28(26-4)19-20-29(21-9-7-6-8-10-21,24-15-11-22(2)12-16-24)25-17-13-23(3)14-18-25/h6-10,19-20H,5,11-18H2,1-4H3/b20-19+. The zero-order chi connectivity index (χ0) is 20.7. The van der Waals surface area contributed by atoms with Gasteiger partial charge < -0.3 is 27.8 Å². The van der Waals surface area contributed by atoms with Crippen LogP contribution in [0.2, 0.25) is 0 Å². The van der Waals surface area contributed by atoms with E-state index >= 15 is 0 Å². The zero-order valence-corrected chi connectivity index (χ0v) is 20.5. The lowest BCUT2D eigenvalue weighted by molar-refractivity contribution is 0.177. The molecule has 0 atom stereocenters. The molecule has 1 radical (unpaired) electrons. The molecule has 0 aliphatic carbocycles. The maximum absolute atomic E-state index is 5.89. The molecule has 0 spiro atoms. The van der Waals surface area contributed by atoms with E-state index in [1.54, 1.807) is 7.11 Å². The van der Waals surface area contributed by atoms with Gasteiger partial charge in [-0.25, -0.2) is 0 Å². The minimum Gasteiger partial charge on any atom is -0.394 e. The fourth-order valence-corrected chi connectivity index (χ4v) is 10.7. The van der Waals surface area contributed by atoms with Gasteiger partial charge in [0.25, 0.3) is 8.40 Å². The first kappa shape index (κ1) is 22.8. The first-order chi connectivity index (χ1) is 14.1. The fraction of sp³-hybridized carbons (Fsp3) is 0.619. The second-order valence-corrected chi connectivity index (χ2v) is 13.3. The van der Waals surface area contributed by atoms with Crippen molar-refractivity contribution in [2.24, 2.45) is 0 Å². The van der Waals surface area contributed by atoms with Gasteiger partial charge in [0.05, 0.1) is 0 Å². The largest absolute Gasteiger partial charge is 0.414 e. The minimum absolute atomic E-state index is 0.690. The van der Waals surface area contributed by atoms with E-state index in [0.717, 1.165) is 52.4 Å². The van der Waals surface area contributed by atoms with E-state index in [-0.39, 0.29) is 0 Å². The normalized spacial score (nSPS) is 21.4. The SMILES string of the molecule is CCO[Si](/C=C/[Si](c1ccccc1)(N1CCN(C)CC1)N1CCN(C)CC1)OC. The van der Waals surface area contributed by atoms with Crippen molar-refractivity contribution < 1.29 is 8.85 Å². The number of benzene rings is 1. The average Bonchev–Trinajstić information content (AvgIpc) is 2.76. The van der Waals surface area contributed by atoms with Gasteiger partial charge in [-0.3, -0.25) is 0 Å². The Bertz CT molecular complexity index is 611. The minimum atomic E-state index is -2.24. The van der Waals surface area contributed by atoms with Crippen LogP contribution in [0.4, 0.5) is 0 Å². The average molecular weight is 434 g/mol. The Morgan fingerprint density at radius 1 is 0.897 bits per heavy atom. The van der Waals surface area contributed by atoms with Crippen molar-refractivity contribution in [3.8, 4) is 0 Å². The highest BCUT2D eigenvalue weighted by molar-refractivity contribution is 6.92. The lowest BCUT2D eigenvalue weighted by Crippen LogP contribution is -2.76. The molecule has 2 saturated heterocycles. The molecule has 0 amide bonds. The summed E-state index contributed by atoms with van der Waals surface area (Å²) in [5.74, 6) is 0. The number of piperazine rings is 2. The van der Waals surface area contributed by atoms with Crippen molar-refractivity contribution in [1.29, 1.82) is 0 Å². The van der Waals surface area contributed by atoms with Crippen molar-refractivity contribution in [3.05, 3.63) is 41.7 Å². The number of likely N-dealkylation sites (N-methyl/N-ethyl adjacent to an activating group) is 2. The van der Waals surface area contributed by atoms with Crippen LogP contribution in [0.1, 0.15) is 6.92 Å². The monoisotopic (exact) mass is 433 g/mol. The van der Waals surface area contributed by atoms with Crippen molar-refractivity contribution in [2.45, 2.75) is 6.92 Å². The van der Waals surface area contributed by atoms with E-state index in [4.69, 9.17) is 8.85 Å². The van der Waals surface area contributed by atoms with E-state index in [1.165, 1.54) is 5.19 Å². The van der Waals surface area contributed by atoms with Crippen LogP contribution in [-0.2, 0) is 8.85 Å². The smallest absolute Gasteiger partial charge is 0.394 e. The molecule has 0 N–H and O–H groups in total. The summed E-state index contributed by atoms with van der Waals surface area (Å²) >= 11 is 0. The Morgan fingerprint density at radius 3 is 1.86 bits per heavy atom. The predicted molar refractivity (Wildman–Crippen MR) is 123 cm³/mol. The summed E-state index contributed by atoms with van der Waals surface area (Å²) in [4.78, 5) is 4.89. The maximum Gasteiger partial charge on any atom is 0.414 e. The summed E-state index contributed by atoms with van der Waals surface area (Å²) in [7, 11) is 2.60. The van der Waals surface area contributed by atoms with Crippen LogP contribution < -0.4 is 5.19 Å². The highest BCUT2D eigenvalue weighted by Crippen LogP contribution is 2.22. The molecule has 3 rings (SSSR count). The zero-order valence-electron chi connectivity index (χ0n) is 18.5. The van der Waals surface area contributed by atoms with Gasteiger partial charge in [-0.1, -0.05) is 36.0 Å². The number of hydrogen-bond acceptors (Lipinski definition) is 6. The Balaban J connectivity index is 2.03. The lowest BCUT2D eigenvalue weighted by Gasteiger charge is -2.52. The van der Waals surface area contributed by atoms with Crippen molar-refractivity contribution in [3.63, 3.8) is 0 Å². The summed E-state index contributed by atoms with van der Waals surface area (Å²) in [5.41, 5.74) is 4.79. The molecule has 2 heterocycles. The number of rotatable bonds is 8. The molecule has 0 aromatic heterocycles. The van der Waals surface area contributed by atoms with Crippen LogP contribution in [0.3, 0.4) is 0 Å². The van der Waals surface area contributed by atoms with E-state index in [0.29, 0.717) is 6.61 Å². The molecule has 0 unspecified atom stereocenters. The lowest BCUT2D eigenvalue weighted by atomic mass is 10.4. The van der Waals surface area contributed by atoms with Crippen LogP contribution >= 0.6 is 0 Å². The van der Waals surface area contributed by atoms with Gasteiger partial charge in [0.1, 0.15) is 0 Å². The Morgan fingerprint density at radius 2 is 1.41 bits per heavy atom. The second kappa shape index (κ2) is 11.0. The van der Waals surface area contributed by atoms with Gasteiger partial charge in [-0.15, -0.1) is 0 Å². The second-order valence-electron chi connectivity index (χ2n) is 7.96. The molecule has 29 heavy (non-hydrogen) atoms. The predicted octanol–water partition coefficient (Wildman–Crippen LogP) is 0.636. The van der Waals surface area contributed by atoms with Crippen molar-refractivity contribution >= 4 is 22.9 Å². The van der Waals surface area contributed by atoms with E-state index in [9.17, 15) is 0 Å². The van der Waals surface area contributed by atoms with Gasteiger partial charge in [0.2, 0.25) is 0 Å². The summed E-state index contributed by atoms with van der Waals surface area (Å²) in [6.07, 6.45) is 0. The molecule has 1 aromatic rings. The third-order valence-electron chi connectivity index (χ3n) is 6.11. The first-order valence-electron chi connectivity index (χ1n) is 10.8. The highest BCUT2D eigenvalue weighted by Gasteiger charge is 2.47. The summed E-state index contributed by atoms with van der Waals surface area (Å²) < 4.78 is 17.2. The third kappa shape index (κ3) is 5.45. The fourth-order valence-electron chi connectivity index (χ4n) is 4.35. The topological polar surface area (TPSA) is 31.4 Å². The van der Waals surface area contributed by atoms with Crippen molar-refractivity contribution in [2.75, 3.05) is 80.2 Å². The van der Waals surface area contributed by atoms with Gasteiger partial charge in [0, 0.05) is 66.1 Å². The molecular formula is C21H37N4O2Si2. The van der Waals surface area contributed by atoms with Crippen LogP contribution in [-0.4, -0.2) is 117 Å². The number of nitrogens with zero attached hydrogens (tertiary/aromatic N) is 4. The van der Waals surface area contributed by atoms with Crippen molar-refractivity contribution in [1.82, 2.24) is 18.9 Å². The molecule has 0 bridgehead atoms. The van der Waals surface area contributed by atoms with Gasteiger partial charge in [0.15, 0.2) is 0 Å². The van der Waals surface area contributed by atoms with Crippen LogP contribution in [0, 0.1) is 0 Å². The molecule has 161 valence electrons. The van der Waals surface area contributed by atoms with Crippen LogP contribution in [0.5, 0.6) is 0 Å². The van der Waals surface area contributed by atoms with Gasteiger partial charge in [-0.05, 0) is 31.9 Å². The molecule has 1 aromatic carbocycles. The Labute approximate surface area is 179 Å². The van der Waals surface area contributed by atoms with Crippen LogP contribution in [0.15, 0.2) is 41.7 Å². The van der Waals surface area contributed by atoms with Gasteiger partial charge >= 0.3 is 9.28 Å². The van der Waals surface area contributed by atoms with Crippen LogP contribution in [0.25, 0.3) is 0 Å². The highest BCUT2D eigenvalue weighted by atomic mass is 28.4. The van der Waals surface area contributed by atoms with E-state index in [1.807, 2.05) is 6.92 Å². The third-order valence-corrected chi connectivity index (χ3v) is 12.5. The quantitative estimate of drug-likeness (QED) is 0.559. The summed E-state index contributed by atoms with van der Waals surface area (Å²) in [6.45, 7) is 11.7. The molecule has 2 fully saturated rings. The molecule has 6 nitrogen and oxygen atoms in total.